The molecule has 32 heavy (non-hydrogen) atoms. The van der Waals surface area contributed by atoms with Crippen LogP contribution in [0.15, 0.2) is 18.2 Å². The second-order valence-corrected chi connectivity index (χ2v) is 8.47. The Bertz CT molecular complexity index is 701. The van der Waals surface area contributed by atoms with Crippen LogP contribution in [0.5, 0.6) is 0 Å². The molecule has 1 aromatic rings. The van der Waals surface area contributed by atoms with E-state index < -0.39 is 5.97 Å². The second-order valence-electron chi connectivity index (χ2n) is 8.47. The highest BCUT2D eigenvalue weighted by Gasteiger charge is 2.09. The van der Waals surface area contributed by atoms with Crippen LogP contribution in [0.3, 0.4) is 0 Å². The van der Waals surface area contributed by atoms with Gasteiger partial charge in [0, 0.05) is 24.1 Å². The van der Waals surface area contributed by atoms with Gasteiger partial charge in [0.05, 0.1) is 5.56 Å². The topological polar surface area (TPSA) is 101 Å². The van der Waals surface area contributed by atoms with Gasteiger partial charge in [0.1, 0.15) is 12.6 Å². The third-order valence-corrected chi connectivity index (χ3v) is 5.60. The maximum Gasteiger partial charge on any atom is 0.335 e. The first kappa shape index (κ1) is 27.5. The molecule has 0 aromatic heterocycles. The van der Waals surface area contributed by atoms with Gasteiger partial charge in [-0.15, -0.1) is 0 Å². The molecule has 0 atom stereocenters. The van der Waals surface area contributed by atoms with Crippen LogP contribution < -0.4 is 5.32 Å². The second kappa shape index (κ2) is 18.1. The smallest absolute Gasteiger partial charge is 0.335 e. The number of carbonyl (C=O) groups excluding carboxylic acids is 3. The molecule has 1 amide bonds. The number of carboxylic acids is 1. The van der Waals surface area contributed by atoms with E-state index in [9.17, 15) is 19.2 Å². The average molecular weight is 446 g/mol. The SMILES string of the molecule is O=CCCCCCCCCCCCCCCCCC(=O)Nc1cc(C=O)cc(C(=O)O)c1. The van der Waals surface area contributed by atoms with Crippen LogP contribution in [0, 0.1) is 0 Å². The number of aldehydes is 2. The number of anilines is 1. The molecule has 0 spiro atoms. The van der Waals surface area contributed by atoms with Crippen molar-refractivity contribution in [3.8, 4) is 0 Å². The van der Waals surface area contributed by atoms with Gasteiger partial charge in [-0.1, -0.05) is 77.0 Å². The normalized spacial score (nSPS) is 10.6. The van der Waals surface area contributed by atoms with Crippen LogP contribution in [-0.2, 0) is 9.59 Å². The summed E-state index contributed by atoms with van der Waals surface area (Å²) >= 11 is 0. The highest BCUT2D eigenvalue weighted by atomic mass is 16.4. The molecule has 0 aliphatic carbocycles. The molecular formula is C26H39NO5. The van der Waals surface area contributed by atoms with Crippen molar-refractivity contribution >= 4 is 30.1 Å². The molecule has 0 aliphatic heterocycles. The number of nitrogens with one attached hydrogen (secondary N) is 1. The molecule has 0 bridgehead atoms. The van der Waals surface area contributed by atoms with E-state index >= 15 is 0 Å². The Balaban J connectivity index is 1.99. The van der Waals surface area contributed by atoms with Crippen LogP contribution in [-0.4, -0.2) is 29.6 Å². The Morgan fingerprint density at radius 3 is 1.69 bits per heavy atom. The number of amides is 1. The van der Waals surface area contributed by atoms with E-state index in [4.69, 9.17) is 5.11 Å². The lowest BCUT2D eigenvalue weighted by Gasteiger charge is -2.07. The monoisotopic (exact) mass is 445 g/mol. The lowest BCUT2D eigenvalue weighted by molar-refractivity contribution is -0.116. The lowest BCUT2D eigenvalue weighted by atomic mass is 10.0. The van der Waals surface area contributed by atoms with E-state index in [0.29, 0.717) is 24.8 Å². The number of unbranched alkanes of at least 4 members (excludes halogenated alkanes) is 14. The number of hydrogen-bond donors (Lipinski definition) is 2. The maximum absolute atomic E-state index is 12.1. The van der Waals surface area contributed by atoms with Crippen LogP contribution >= 0.6 is 0 Å². The van der Waals surface area contributed by atoms with Gasteiger partial charge < -0.3 is 15.2 Å². The fraction of sp³-hybridized carbons (Fsp3) is 0.615. The van der Waals surface area contributed by atoms with Crippen molar-refractivity contribution < 1.29 is 24.3 Å². The Morgan fingerprint density at radius 1 is 0.719 bits per heavy atom. The molecule has 0 fully saturated rings. The minimum Gasteiger partial charge on any atom is -0.478 e. The number of aromatic carboxylic acids is 1. The number of carboxylic acid groups (broad SMARTS) is 1. The van der Waals surface area contributed by atoms with Gasteiger partial charge >= 0.3 is 5.97 Å². The van der Waals surface area contributed by atoms with Crippen LogP contribution in [0.2, 0.25) is 0 Å². The number of rotatable bonds is 20. The first-order chi connectivity index (χ1) is 15.6. The Hall–Kier alpha value is -2.50. The summed E-state index contributed by atoms with van der Waals surface area (Å²) in [7, 11) is 0. The predicted molar refractivity (Wildman–Crippen MR) is 127 cm³/mol. The van der Waals surface area contributed by atoms with Gasteiger partial charge in [0.2, 0.25) is 5.91 Å². The van der Waals surface area contributed by atoms with E-state index in [2.05, 4.69) is 5.32 Å². The van der Waals surface area contributed by atoms with E-state index in [0.717, 1.165) is 32.0 Å². The summed E-state index contributed by atoms with van der Waals surface area (Å²) < 4.78 is 0. The van der Waals surface area contributed by atoms with Crippen molar-refractivity contribution in [3.63, 3.8) is 0 Å². The maximum atomic E-state index is 12.1. The summed E-state index contributed by atoms with van der Waals surface area (Å²) in [5.41, 5.74) is 0.553. The van der Waals surface area contributed by atoms with Gasteiger partial charge in [-0.05, 0) is 31.0 Å². The summed E-state index contributed by atoms with van der Waals surface area (Å²) in [6, 6.07) is 4.13. The molecule has 1 aromatic carbocycles. The standard InChI is InChI=1S/C26H39NO5/c28-17-15-13-11-9-7-5-3-1-2-4-6-8-10-12-14-16-25(30)27-24-19-22(21-29)18-23(20-24)26(31)32/h17-21H,1-16H2,(H,27,30)(H,31,32). The molecule has 0 saturated carbocycles. The molecule has 0 unspecified atom stereocenters. The number of hydrogen-bond acceptors (Lipinski definition) is 4. The zero-order valence-corrected chi connectivity index (χ0v) is 19.3. The zero-order chi connectivity index (χ0) is 23.4. The molecule has 0 aliphatic rings. The minimum atomic E-state index is -1.13. The van der Waals surface area contributed by atoms with E-state index in [1.54, 1.807) is 0 Å². The summed E-state index contributed by atoms with van der Waals surface area (Å²) in [4.78, 5) is 44.4. The fourth-order valence-electron chi connectivity index (χ4n) is 3.77. The first-order valence-electron chi connectivity index (χ1n) is 12.1. The molecule has 6 heteroatoms. The van der Waals surface area contributed by atoms with Crippen molar-refractivity contribution in [1.82, 2.24) is 0 Å². The van der Waals surface area contributed by atoms with Crippen molar-refractivity contribution in [2.75, 3.05) is 5.32 Å². The third-order valence-electron chi connectivity index (χ3n) is 5.60. The van der Waals surface area contributed by atoms with Gasteiger partial charge in [0.15, 0.2) is 0 Å². The summed E-state index contributed by atoms with van der Waals surface area (Å²) in [5, 5.41) is 11.8. The van der Waals surface area contributed by atoms with Crippen molar-refractivity contribution in [2.45, 2.75) is 103 Å². The quantitative estimate of drug-likeness (QED) is 0.174. The predicted octanol–water partition coefficient (Wildman–Crippen LogP) is 6.58. The van der Waals surface area contributed by atoms with Crippen molar-refractivity contribution in [1.29, 1.82) is 0 Å². The fourth-order valence-corrected chi connectivity index (χ4v) is 3.77. The summed E-state index contributed by atoms with van der Waals surface area (Å²) in [6.45, 7) is 0. The summed E-state index contributed by atoms with van der Waals surface area (Å²) in [5.74, 6) is -1.29. The number of carbonyl (C=O) groups is 4. The van der Waals surface area contributed by atoms with E-state index in [-0.39, 0.29) is 17.0 Å². The van der Waals surface area contributed by atoms with Gasteiger partial charge in [0.25, 0.3) is 0 Å². The van der Waals surface area contributed by atoms with Crippen LogP contribution in [0.1, 0.15) is 123 Å². The Kier molecular flexibility index (Phi) is 15.6. The highest BCUT2D eigenvalue weighted by Crippen LogP contribution is 2.16. The van der Waals surface area contributed by atoms with Gasteiger partial charge in [-0.2, -0.15) is 0 Å². The molecule has 1 rings (SSSR count). The highest BCUT2D eigenvalue weighted by molar-refractivity contribution is 5.96. The van der Waals surface area contributed by atoms with Gasteiger partial charge in [-0.25, -0.2) is 4.79 Å². The molecular weight excluding hydrogens is 406 g/mol. The molecule has 2 N–H and O–H groups in total. The summed E-state index contributed by atoms with van der Waals surface area (Å²) in [6.07, 6.45) is 19.3. The lowest BCUT2D eigenvalue weighted by Crippen LogP contribution is -2.12. The van der Waals surface area contributed by atoms with Crippen LogP contribution in [0.25, 0.3) is 0 Å². The zero-order valence-electron chi connectivity index (χ0n) is 19.3. The Morgan fingerprint density at radius 2 is 1.22 bits per heavy atom. The molecule has 178 valence electrons. The molecule has 6 nitrogen and oxygen atoms in total. The van der Waals surface area contributed by atoms with E-state index in [1.165, 1.54) is 82.4 Å². The average Bonchev–Trinajstić information content (AvgIpc) is 2.78. The van der Waals surface area contributed by atoms with E-state index in [1.807, 2.05) is 0 Å². The first-order valence-corrected chi connectivity index (χ1v) is 12.1. The molecule has 0 saturated heterocycles. The number of benzene rings is 1. The van der Waals surface area contributed by atoms with Gasteiger partial charge in [-0.3, -0.25) is 9.59 Å². The van der Waals surface area contributed by atoms with Crippen molar-refractivity contribution in [2.24, 2.45) is 0 Å². The van der Waals surface area contributed by atoms with Crippen LogP contribution in [0.4, 0.5) is 5.69 Å². The Labute approximate surface area is 192 Å². The minimum absolute atomic E-state index is 0.0176. The molecule has 0 heterocycles. The van der Waals surface area contributed by atoms with Crippen molar-refractivity contribution in [3.05, 3.63) is 29.3 Å². The largest absolute Gasteiger partial charge is 0.478 e. The molecule has 0 radical (unpaired) electrons. The third kappa shape index (κ3) is 13.7.